The van der Waals surface area contributed by atoms with Gasteiger partial charge in [0, 0.05) is 0 Å². The normalized spacial score (nSPS) is 26.8. The Morgan fingerprint density at radius 1 is 1.62 bits per heavy atom. The monoisotopic (exact) mass is 182 g/mol. The summed E-state index contributed by atoms with van der Waals surface area (Å²) in [5.74, 6) is -2.17. The van der Waals surface area contributed by atoms with Crippen molar-refractivity contribution in [1.29, 1.82) is 0 Å². The van der Waals surface area contributed by atoms with Crippen molar-refractivity contribution >= 4 is 11.8 Å². The topological polar surface area (TPSA) is 54.4 Å². The summed E-state index contributed by atoms with van der Waals surface area (Å²) in [6.07, 6.45) is 2.12. The number of carbonyl (C=O) groups is 2. The molecule has 1 aliphatic rings. The molecule has 0 spiro atoms. The van der Waals surface area contributed by atoms with Gasteiger partial charge in [0.2, 0.25) is 0 Å². The van der Waals surface area contributed by atoms with E-state index >= 15 is 0 Å². The van der Waals surface area contributed by atoms with Crippen LogP contribution in [0.25, 0.3) is 0 Å². The molecule has 1 atom stereocenters. The average molecular weight is 182 g/mol. The van der Waals surface area contributed by atoms with Crippen molar-refractivity contribution in [3.05, 3.63) is 11.6 Å². The van der Waals surface area contributed by atoms with E-state index < -0.39 is 17.3 Å². The molecular formula is C10H14O3. The highest BCUT2D eigenvalue weighted by Crippen LogP contribution is 2.38. The van der Waals surface area contributed by atoms with Gasteiger partial charge in [-0.1, -0.05) is 19.4 Å². The Morgan fingerprint density at radius 3 is 2.54 bits per heavy atom. The Morgan fingerprint density at radius 2 is 2.15 bits per heavy atom. The van der Waals surface area contributed by atoms with E-state index in [-0.39, 0.29) is 5.78 Å². The van der Waals surface area contributed by atoms with Crippen molar-refractivity contribution < 1.29 is 14.7 Å². The van der Waals surface area contributed by atoms with Gasteiger partial charge in [-0.25, -0.2) is 0 Å². The van der Waals surface area contributed by atoms with Crippen LogP contribution in [0, 0.1) is 11.3 Å². The number of carboxylic acids is 1. The molecule has 3 heteroatoms. The highest BCUT2D eigenvalue weighted by Gasteiger charge is 2.42. The molecule has 1 aliphatic carbocycles. The number of hydrogen-bond acceptors (Lipinski definition) is 2. The SMILES string of the molecule is CC1=CC(=O)C(C(=O)O)C(C)(C)C1. The number of hydrogen-bond donors (Lipinski definition) is 1. The minimum Gasteiger partial charge on any atom is -0.481 e. The third kappa shape index (κ3) is 1.79. The van der Waals surface area contributed by atoms with Crippen molar-refractivity contribution in [3.8, 4) is 0 Å². The van der Waals surface area contributed by atoms with E-state index in [0.29, 0.717) is 6.42 Å². The lowest BCUT2D eigenvalue weighted by Gasteiger charge is -2.33. The van der Waals surface area contributed by atoms with Gasteiger partial charge in [-0.05, 0) is 24.8 Å². The second-order valence-corrected chi connectivity index (χ2v) is 4.33. The number of aliphatic carboxylic acids is 1. The highest BCUT2D eigenvalue weighted by atomic mass is 16.4. The molecule has 3 nitrogen and oxygen atoms in total. The first kappa shape index (κ1) is 9.96. The summed E-state index contributed by atoms with van der Waals surface area (Å²) in [5.41, 5.74) is 0.509. The number of rotatable bonds is 1. The Balaban J connectivity index is 3.08. The summed E-state index contributed by atoms with van der Waals surface area (Å²) in [5, 5.41) is 8.88. The molecule has 0 aromatic carbocycles. The van der Waals surface area contributed by atoms with Crippen LogP contribution in [0.5, 0.6) is 0 Å². The number of allylic oxidation sites excluding steroid dienone is 2. The molecule has 1 rings (SSSR count). The molecule has 0 saturated heterocycles. The molecule has 0 aliphatic heterocycles. The first-order valence-corrected chi connectivity index (χ1v) is 4.28. The first-order valence-electron chi connectivity index (χ1n) is 4.28. The van der Waals surface area contributed by atoms with Crippen molar-refractivity contribution in [2.45, 2.75) is 27.2 Å². The minimum atomic E-state index is -1.02. The van der Waals surface area contributed by atoms with Crippen molar-refractivity contribution in [2.75, 3.05) is 0 Å². The fraction of sp³-hybridized carbons (Fsp3) is 0.600. The van der Waals surface area contributed by atoms with Gasteiger partial charge in [0.05, 0.1) is 0 Å². The minimum absolute atomic E-state index is 0.277. The molecule has 0 bridgehead atoms. The quantitative estimate of drug-likeness (QED) is 0.627. The van der Waals surface area contributed by atoms with Crippen LogP contribution >= 0.6 is 0 Å². The molecule has 72 valence electrons. The zero-order valence-electron chi connectivity index (χ0n) is 8.13. The Hall–Kier alpha value is -1.12. The largest absolute Gasteiger partial charge is 0.481 e. The van der Waals surface area contributed by atoms with Gasteiger partial charge in [-0.2, -0.15) is 0 Å². The maximum Gasteiger partial charge on any atom is 0.314 e. The van der Waals surface area contributed by atoms with Gasteiger partial charge in [0.25, 0.3) is 0 Å². The lowest BCUT2D eigenvalue weighted by Crippen LogP contribution is -2.39. The molecule has 0 heterocycles. The van der Waals surface area contributed by atoms with E-state index in [0.717, 1.165) is 5.57 Å². The first-order chi connectivity index (χ1) is 5.84. The lowest BCUT2D eigenvalue weighted by molar-refractivity contribution is -0.150. The summed E-state index contributed by atoms with van der Waals surface area (Å²) in [4.78, 5) is 22.2. The van der Waals surface area contributed by atoms with E-state index in [1.54, 1.807) is 0 Å². The summed E-state index contributed by atoms with van der Waals surface area (Å²) in [6.45, 7) is 5.50. The van der Waals surface area contributed by atoms with Crippen LogP contribution in [-0.2, 0) is 9.59 Å². The van der Waals surface area contributed by atoms with Crippen LogP contribution in [0.15, 0.2) is 11.6 Å². The standard InChI is InChI=1S/C10H14O3/c1-6-4-7(11)8(9(12)13)10(2,3)5-6/h4,8H,5H2,1-3H3,(H,12,13). The molecule has 0 radical (unpaired) electrons. The van der Waals surface area contributed by atoms with Crippen molar-refractivity contribution in [1.82, 2.24) is 0 Å². The zero-order chi connectivity index (χ0) is 10.2. The van der Waals surface area contributed by atoms with Gasteiger partial charge < -0.3 is 5.11 Å². The third-order valence-electron chi connectivity index (χ3n) is 2.44. The van der Waals surface area contributed by atoms with Gasteiger partial charge in [-0.15, -0.1) is 0 Å². The molecular weight excluding hydrogens is 168 g/mol. The fourth-order valence-electron chi connectivity index (χ4n) is 2.04. The lowest BCUT2D eigenvalue weighted by atomic mass is 9.69. The maximum atomic E-state index is 11.4. The van der Waals surface area contributed by atoms with E-state index in [1.807, 2.05) is 20.8 Å². The van der Waals surface area contributed by atoms with Crippen molar-refractivity contribution in [3.63, 3.8) is 0 Å². The predicted octanol–water partition coefficient (Wildman–Crippen LogP) is 1.63. The molecule has 13 heavy (non-hydrogen) atoms. The van der Waals surface area contributed by atoms with E-state index in [1.165, 1.54) is 6.08 Å². The molecule has 0 saturated carbocycles. The number of carbonyl (C=O) groups excluding carboxylic acids is 1. The Labute approximate surface area is 77.4 Å². The Bertz CT molecular complexity index is 287. The fourth-order valence-corrected chi connectivity index (χ4v) is 2.04. The number of carboxylic acid groups (broad SMARTS) is 1. The van der Waals surface area contributed by atoms with E-state index in [4.69, 9.17) is 5.11 Å². The average Bonchev–Trinajstić information content (AvgIpc) is 1.78. The molecule has 0 aromatic heterocycles. The summed E-state index contributed by atoms with van der Waals surface area (Å²) in [6, 6.07) is 0. The van der Waals surface area contributed by atoms with E-state index in [2.05, 4.69) is 0 Å². The van der Waals surface area contributed by atoms with Gasteiger partial charge in [0.1, 0.15) is 5.92 Å². The van der Waals surface area contributed by atoms with Gasteiger partial charge in [-0.3, -0.25) is 9.59 Å². The molecule has 1 unspecified atom stereocenters. The summed E-state index contributed by atoms with van der Waals surface area (Å²) in [7, 11) is 0. The maximum absolute atomic E-state index is 11.4. The zero-order valence-corrected chi connectivity index (χ0v) is 8.13. The second kappa shape index (κ2) is 2.98. The van der Waals surface area contributed by atoms with Crippen LogP contribution in [0.2, 0.25) is 0 Å². The second-order valence-electron chi connectivity index (χ2n) is 4.33. The van der Waals surface area contributed by atoms with Crippen LogP contribution in [0.3, 0.4) is 0 Å². The highest BCUT2D eigenvalue weighted by molar-refractivity contribution is 6.06. The number of ketones is 1. The van der Waals surface area contributed by atoms with Gasteiger partial charge >= 0.3 is 5.97 Å². The smallest absolute Gasteiger partial charge is 0.314 e. The van der Waals surface area contributed by atoms with Crippen LogP contribution in [0.1, 0.15) is 27.2 Å². The van der Waals surface area contributed by atoms with E-state index in [9.17, 15) is 9.59 Å². The molecule has 0 fully saturated rings. The molecule has 0 amide bonds. The predicted molar refractivity (Wildman–Crippen MR) is 48.3 cm³/mol. The molecule has 1 N–H and O–H groups in total. The Kier molecular flexibility index (Phi) is 2.28. The van der Waals surface area contributed by atoms with Gasteiger partial charge in [0.15, 0.2) is 5.78 Å². The van der Waals surface area contributed by atoms with Crippen LogP contribution in [0.4, 0.5) is 0 Å². The summed E-state index contributed by atoms with van der Waals surface area (Å²) < 4.78 is 0. The van der Waals surface area contributed by atoms with Crippen LogP contribution in [-0.4, -0.2) is 16.9 Å². The summed E-state index contributed by atoms with van der Waals surface area (Å²) >= 11 is 0. The van der Waals surface area contributed by atoms with Crippen molar-refractivity contribution in [2.24, 2.45) is 11.3 Å². The third-order valence-corrected chi connectivity index (χ3v) is 2.44. The molecule has 0 aromatic rings. The van der Waals surface area contributed by atoms with Crippen LogP contribution < -0.4 is 0 Å².